The average Bonchev–Trinajstić information content (AvgIpc) is 3.31. The van der Waals surface area contributed by atoms with E-state index < -0.39 is 18.3 Å². The molecule has 2 heterocycles. The van der Waals surface area contributed by atoms with Crippen molar-refractivity contribution in [2.75, 3.05) is 6.61 Å². The van der Waals surface area contributed by atoms with E-state index >= 15 is 0 Å². The number of benzene rings is 2. The Morgan fingerprint density at radius 1 is 0.853 bits per heavy atom. The van der Waals surface area contributed by atoms with E-state index in [1.54, 1.807) is 4.90 Å². The number of allylic oxidation sites excluding steroid dienone is 1. The highest BCUT2D eigenvalue weighted by Gasteiger charge is 2.46. The Kier molecular flexibility index (Phi) is 6.19. The molecule has 4 nitrogen and oxygen atoms in total. The van der Waals surface area contributed by atoms with Gasteiger partial charge in [-0.05, 0) is 47.9 Å². The molecule has 1 amide bonds. The number of carbonyl (C=O) groups is 2. The first kappa shape index (κ1) is 22.7. The Labute approximate surface area is 196 Å². The lowest BCUT2D eigenvalue weighted by Crippen LogP contribution is -2.48. The Morgan fingerprint density at radius 3 is 1.97 bits per heavy atom. The van der Waals surface area contributed by atoms with Crippen LogP contribution in [0.25, 0.3) is 11.1 Å². The summed E-state index contributed by atoms with van der Waals surface area (Å²) < 4.78 is 43.5. The fraction of sp³-hybridized carbons (Fsp3) is 0.407. The number of Topliss-reactive ketones (excluding diaryl/α,β-unsaturated/α-hetero) is 1. The molecule has 2 atom stereocenters. The maximum absolute atomic E-state index is 13.1. The van der Waals surface area contributed by atoms with Crippen LogP contribution in [-0.2, 0) is 9.53 Å². The lowest BCUT2D eigenvalue weighted by atomic mass is 9.86. The van der Waals surface area contributed by atoms with Crippen LogP contribution in [0.2, 0.25) is 0 Å². The van der Waals surface area contributed by atoms with Crippen LogP contribution in [0.4, 0.5) is 18.0 Å². The van der Waals surface area contributed by atoms with Crippen molar-refractivity contribution in [3.63, 3.8) is 0 Å². The summed E-state index contributed by atoms with van der Waals surface area (Å²) in [7, 11) is 0. The summed E-state index contributed by atoms with van der Waals surface area (Å²) in [5.74, 6) is -2.08. The number of carbonyl (C=O) groups excluding carboxylic acids is 2. The van der Waals surface area contributed by atoms with E-state index in [9.17, 15) is 22.8 Å². The van der Waals surface area contributed by atoms with Gasteiger partial charge in [0, 0.05) is 36.8 Å². The minimum absolute atomic E-state index is 0.0213. The van der Waals surface area contributed by atoms with Crippen molar-refractivity contribution in [3.05, 3.63) is 71.6 Å². The molecule has 0 radical (unpaired) electrons. The zero-order valence-electron chi connectivity index (χ0n) is 18.7. The number of piperidine rings is 1. The highest BCUT2D eigenvalue weighted by atomic mass is 19.3. The summed E-state index contributed by atoms with van der Waals surface area (Å²) in [6.07, 6.45) is -1.02. The molecule has 7 heteroatoms. The van der Waals surface area contributed by atoms with Crippen LogP contribution < -0.4 is 0 Å². The number of amides is 1. The van der Waals surface area contributed by atoms with Crippen molar-refractivity contribution in [2.45, 2.75) is 56.5 Å². The molecule has 2 bridgehead atoms. The van der Waals surface area contributed by atoms with E-state index in [0.29, 0.717) is 12.8 Å². The smallest absolute Gasteiger partial charge is 0.410 e. The van der Waals surface area contributed by atoms with E-state index in [-0.39, 0.29) is 48.8 Å². The quantitative estimate of drug-likeness (QED) is 0.479. The molecule has 3 aliphatic rings. The van der Waals surface area contributed by atoms with Gasteiger partial charge in [0.2, 0.25) is 0 Å². The fourth-order valence-corrected chi connectivity index (χ4v) is 5.94. The number of hydrogen-bond donors (Lipinski definition) is 0. The van der Waals surface area contributed by atoms with E-state index in [1.807, 2.05) is 24.3 Å². The van der Waals surface area contributed by atoms with E-state index in [4.69, 9.17) is 4.74 Å². The van der Waals surface area contributed by atoms with Crippen molar-refractivity contribution in [3.8, 4) is 11.1 Å². The standard InChI is InChI=1S/C27H26F3NO3/c28-24(26(29)30)11-12-25(32)16-13-17-9-10-18(14-16)31(17)27(33)34-15-23-21-7-3-1-5-19(21)20-6-2-4-8-22(20)23/h1-8,16-18,23H,9-15H2. The zero-order valence-corrected chi connectivity index (χ0v) is 18.7. The first-order valence-electron chi connectivity index (χ1n) is 11.8. The fourth-order valence-electron chi connectivity index (χ4n) is 5.94. The van der Waals surface area contributed by atoms with Gasteiger partial charge in [0.15, 0.2) is 5.83 Å². The summed E-state index contributed by atoms with van der Waals surface area (Å²) in [6.45, 7) is 0.242. The summed E-state index contributed by atoms with van der Waals surface area (Å²) in [6, 6.07) is 16.1. The van der Waals surface area contributed by atoms with E-state index in [2.05, 4.69) is 24.3 Å². The van der Waals surface area contributed by atoms with Gasteiger partial charge in [0.1, 0.15) is 12.4 Å². The van der Waals surface area contributed by atoms with E-state index in [0.717, 1.165) is 35.1 Å². The Bertz CT molecular complexity index is 1080. The maximum atomic E-state index is 13.1. The molecule has 0 spiro atoms. The topological polar surface area (TPSA) is 46.6 Å². The molecule has 178 valence electrons. The second-order valence-electron chi connectivity index (χ2n) is 9.40. The molecule has 2 unspecified atom stereocenters. The van der Waals surface area contributed by atoms with Crippen molar-refractivity contribution in [1.82, 2.24) is 4.90 Å². The molecular formula is C27H26F3NO3. The summed E-state index contributed by atoms with van der Waals surface area (Å²) >= 11 is 0. The third kappa shape index (κ3) is 4.12. The van der Waals surface area contributed by atoms with Gasteiger partial charge in [0.25, 0.3) is 0 Å². The van der Waals surface area contributed by atoms with Gasteiger partial charge < -0.3 is 9.64 Å². The summed E-state index contributed by atoms with van der Waals surface area (Å²) in [5.41, 5.74) is 4.62. The van der Waals surface area contributed by atoms with Crippen molar-refractivity contribution in [1.29, 1.82) is 0 Å². The molecule has 2 aromatic carbocycles. The van der Waals surface area contributed by atoms with Gasteiger partial charge in [-0.2, -0.15) is 8.78 Å². The first-order valence-corrected chi connectivity index (χ1v) is 11.8. The predicted molar refractivity (Wildman–Crippen MR) is 121 cm³/mol. The molecule has 0 N–H and O–H groups in total. The van der Waals surface area contributed by atoms with E-state index in [1.165, 1.54) is 0 Å². The second-order valence-corrected chi connectivity index (χ2v) is 9.40. The molecule has 2 aliphatic heterocycles. The Balaban J connectivity index is 1.22. The van der Waals surface area contributed by atoms with Crippen LogP contribution in [-0.4, -0.2) is 35.5 Å². The highest BCUT2D eigenvalue weighted by molar-refractivity contribution is 5.82. The van der Waals surface area contributed by atoms with Crippen molar-refractivity contribution < 1.29 is 27.5 Å². The number of ether oxygens (including phenoxy) is 1. The molecular weight excluding hydrogens is 443 g/mol. The molecule has 1 aliphatic carbocycles. The SMILES string of the molecule is O=C(CCC(F)=C(F)F)C1CC2CCC(C1)N2C(=O)OCC1c2ccccc2-c2ccccc21. The molecule has 5 rings (SSSR count). The average molecular weight is 470 g/mol. The number of halogens is 3. The lowest BCUT2D eigenvalue weighted by molar-refractivity contribution is -0.125. The third-order valence-corrected chi connectivity index (χ3v) is 7.53. The van der Waals surface area contributed by atoms with Crippen LogP contribution in [0, 0.1) is 5.92 Å². The number of nitrogens with zero attached hydrogens (tertiary/aromatic N) is 1. The lowest BCUT2D eigenvalue weighted by Gasteiger charge is -2.37. The first-order chi connectivity index (χ1) is 16.4. The Hall–Kier alpha value is -3.09. The van der Waals surface area contributed by atoms with Gasteiger partial charge in [-0.25, -0.2) is 9.18 Å². The monoisotopic (exact) mass is 469 g/mol. The number of ketones is 1. The molecule has 2 aromatic rings. The third-order valence-electron chi connectivity index (χ3n) is 7.53. The normalized spacial score (nSPS) is 22.8. The van der Waals surface area contributed by atoms with Gasteiger partial charge in [0.05, 0.1) is 0 Å². The van der Waals surface area contributed by atoms with Crippen molar-refractivity contribution in [2.24, 2.45) is 5.92 Å². The molecule has 2 saturated heterocycles. The summed E-state index contributed by atoms with van der Waals surface area (Å²) in [5, 5.41) is 0. The van der Waals surface area contributed by atoms with Crippen LogP contribution in [0.1, 0.15) is 55.6 Å². The van der Waals surface area contributed by atoms with Crippen LogP contribution in [0.3, 0.4) is 0 Å². The van der Waals surface area contributed by atoms with Crippen LogP contribution in [0.15, 0.2) is 60.4 Å². The number of hydrogen-bond acceptors (Lipinski definition) is 3. The molecule has 0 aromatic heterocycles. The second kappa shape index (κ2) is 9.28. The molecule has 34 heavy (non-hydrogen) atoms. The molecule has 2 fully saturated rings. The van der Waals surface area contributed by atoms with Crippen molar-refractivity contribution >= 4 is 11.9 Å². The minimum atomic E-state index is -2.36. The van der Waals surface area contributed by atoms with Gasteiger partial charge >= 0.3 is 12.2 Å². The Morgan fingerprint density at radius 2 is 1.41 bits per heavy atom. The minimum Gasteiger partial charge on any atom is -0.448 e. The number of fused-ring (bicyclic) bond motifs is 5. The summed E-state index contributed by atoms with van der Waals surface area (Å²) in [4.78, 5) is 27.3. The highest BCUT2D eigenvalue weighted by Crippen LogP contribution is 2.45. The van der Waals surface area contributed by atoms with Crippen LogP contribution >= 0.6 is 0 Å². The van der Waals surface area contributed by atoms with Crippen LogP contribution in [0.5, 0.6) is 0 Å². The largest absolute Gasteiger partial charge is 0.448 e. The maximum Gasteiger partial charge on any atom is 0.410 e. The predicted octanol–water partition coefficient (Wildman–Crippen LogP) is 6.61. The zero-order chi connectivity index (χ0) is 23.8. The van der Waals surface area contributed by atoms with Gasteiger partial charge in [-0.3, -0.25) is 4.79 Å². The molecule has 0 saturated carbocycles. The number of rotatable bonds is 6. The van der Waals surface area contributed by atoms with Gasteiger partial charge in [-0.1, -0.05) is 48.5 Å². The van der Waals surface area contributed by atoms with Gasteiger partial charge in [-0.15, -0.1) is 0 Å².